The fourth-order valence-corrected chi connectivity index (χ4v) is 23.6. The van der Waals surface area contributed by atoms with Crippen LogP contribution in [0.1, 0.15) is 270 Å². The largest absolute Gasteiger partial charge is 0.374 e. The molecular formula is C83H102O2. The summed E-state index contributed by atoms with van der Waals surface area (Å²) in [5, 5.41) is 6.02. The van der Waals surface area contributed by atoms with Crippen molar-refractivity contribution >= 4 is 21.5 Å². The van der Waals surface area contributed by atoms with Gasteiger partial charge in [0.25, 0.3) is 0 Å². The molecule has 85 heavy (non-hydrogen) atoms. The molecule has 6 aromatic rings. The van der Waals surface area contributed by atoms with Gasteiger partial charge in [0, 0.05) is 11.8 Å². The van der Waals surface area contributed by atoms with Crippen LogP contribution in [0.2, 0.25) is 0 Å². The van der Waals surface area contributed by atoms with E-state index in [1.54, 1.807) is 44.2 Å². The molecule has 4 saturated heterocycles. The average Bonchev–Trinajstić information content (AvgIpc) is 2.94. The molecule has 6 aromatic carbocycles. The molecule has 0 aromatic heterocycles. The Labute approximate surface area is 512 Å². The zero-order chi connectivity index (χ0) is 56.6. The molecule has 4 aliphatic heterocycles. The van der Waals surface area contributed by atoms with Crippen molar-refractivity contribution in [1.29, 1.82) is 0 Å². The Morgan fingerprint density at radius 2 is 0.741 bits per heavy atom. The lowest BCUT2D eigenvalue weighted by molar-refractivity contribution is 0.100. The number of hydrogen-bond donors (Lipinski definition) is 0. The van der Waals surface area contributed by atoms with Crippen LogP contribution in [0.5, 0.6) is 0 Å². The zero-order valence-corrected chi connectivity index (χ0v) is 52.6. The highest BCUT2D eigenvalue weighted by Gasteiger charge is 2.47. The van der Waals surface area contributed by atoms with Gasteiger partial charge in [0.1, 0.15) is 0 Å². The molecule has 10 aliphatic carbocycles. The molecule has 20 rings (SSSR count). The van der Waals surface area contributed by atoms with E-state index in [2.05, 4.69) is 131 Å². The van der Waals surface area contributed by atoms with Crippen LogP contribution in [0, 0.1) is 86.9 Å². The number of ether oxygens (including phenoxy) is 2. The van der Waals surface area contributed by atoms with Gasteiger partial charge in [-0.05, 0) is 317 Å². The SMILES string of the molecule is Cc1cc(C2CC3CCC2C3)cc(C2CC3CCC2C3)c1.Cc1cc(C2CC3CCC2O3)cc(C2CC3CCC2O3)c1.Cc1ccc2c(C3CC4CCC3C4)cccc2c1C1CC2CCC1C2.Cc1ccc2cc(C3CC4CCC3C4)ccc2c1. The predicted octanol–water partition coefficient (Wildman–Crippen LogP) is 21.9. The molecule has 14 bridgehead atoms. The van der Waals surface area contributed by atoms with Crippen LogP contribution in [-0.2, 0) is 9.47 Å². The molecule has 21 atom stereocenters. The quantitative estimate of drug-likeness (QED) is 0.159. The van der Waals surface area contributed by atoms with E-state index in [-0.39, 0.29) is 0 Å². The Bertz CT molecular complexity index is 3260. The fraction of sp³-hybridized carbons (Fsp3) is 0.614. The van der Waals surface area contributed by atoms with Crippen LogP contribution in [0.4, 0.5) is 0 Å². The van der Waals surface area contributed by atoms with Gasteiger partial charge in [-0.1, -0.05) is 152 Å². The molecule has 0 radical (unpaired) electrons. The maximum atomic E-state index is 6.07. The van der Waals surface area contributed by atoms with E-state index >= 15 is 0 Å². The Hall–Kier alpha value is -4.24. The minimum Gasteiger partial charge on any atom is -0.374 e. The van der Waals surface area contributed by atoms with Gasteiger partial charge in [0.05, 0.1) is 24.4 Å². The molecule has 0 amide bonds. The molecule has 14 aliphatic rings. The Morgan fingerprint density at radius 1 is 0.294 bits per heavy atom. The van der Waals surface area contributed by atoms with Crippen molar-refractivity contribution in [3.63, 3.8) is 0 Å². The maximum Gasteiger partial charge on any atom is 0.0649 e. The molecule has 446 valence electrons. The van der Waals surface area contributed by atoms with E-state index in [0.29, 0.717) is 36.3 Å². The summed E-state index contributed by atoms with van der Waals surface area (Å²) in [5.74, 6) is 15.8. The van der Waals surface area contributed by atoms with Crippen molar-refractivity contribution in [2.24, 2.45) is 59.2 Å². The lowest BCUT2D eigenvalue weighted by Crippen LogP contribution is -2.17. The topological polar surface area (TPSA) is 18.5 Å². The van der Waals surface area contributed by atoms with Crippen LogP contribution in [-0.4, -0.2) is 24.4 Å². The van der Waals surface area contributed by atoms with Crippen molar-refractivity contribution in [2.75, 3.05) is 0 Å². The summed E-state index contributed by atoms with van der Waals surface area (Å²) in [6.45, 7) is 9.11. The normalized spacial score (nSPS) is 39.5. The van der Waals surface area contributed by atoms with Crippen LogP contribution in [0.15, 0.2) is 103 Å². The lowest BCUT2D eigenvalue weighted by Gasteiger charge is -2.28. The van der Waals surface area contributed by atoms with Gasteiger partial charge in [-0.15, -0.1) is 0 Å². The second-order valence-electron chi connectivity index (χ2n) is 32.5. The van der Waals surface area contributed by atoms with E-state index < -0.39 is 0 Å². The first-order chi connectivity index (χ1) is 41.6. The van der Waals surface area contributed by atoms with Crippen molar-refractivity contribution in [3.05, 3.63) is 164 Å². The third-order valence-corrected chi connectivity index (χ3v) is 27.4. The minimum absolute atomic E-state index is 0.487. The second kappa shape index (κ2) is 22.4. The molecule has 4 heterocycles. The smallest absolute Gasteiger partial charge is 0.0649 e. The van der Waals surface area contributed by atoms with Gasteiger partial charge in [0.2, 0.25) is 0 Å². The number of fused-ring (bicyclic) bond motifs is 16. The van der Waals surface area contributed by atoms with Crippen molar-refractivity contribution in [2.45, 2.75) is 260 Å². The molecule has 10 saturated carbocycles. The summed E-state index contributed by atoms with van der Waals surface area (Å²) in [4.78, 5) is 0. The fourth-order valence-electron chi connectivity index (χ4n) is 23.6. The van der Waals surface area contributed by atoms with Crippen LogP contribution in [0.3, 0.4) is 0 Å². The number of benzene rings is 6. The first-order valence-corrected chi connectivity index (χ1v) is 36.2. The predicted molar refractivity (Wildman–Crippen MR) is 351 cm³/mol. The van der Waals surface area contributed by atoms with Gasteiger partial charge < -0.3 is 9.47 Å². The maximum absolute atomic E-state index is 6.07. The molecule has 0 spiro atoms. The van der Waals surface area contributed by atoms with Crippen LogP contribution >= 0.6 is 0 Å². The zero-order valence-electron chi connectivity index (χ0n) is 52.6. The first-order valence-electron chi connectivity index (χ1n) is 36.2. The second-order valence-corrected chi connectivity index (χ2v) is 32.5. The van der Waals surface area contributed by atoms with Gasteiger partial charge >= 0.3 is 0 Å². The van der Waals surface area contributed by atoms with Gasteiger partial charge in [-0.3, -0.25) is 0 Å². The Kier molecular flexibility index (Phi) is 14.4. The summed E-state index contributed by atoms with van der Waals surface area (Å²) in [6.07, 6.45) is 39.5. The van der Waals surface area contributed by atoms with E-state index in [9.17, 15) is 0 Å². The van der Waals surface area contributed by atoms with E-state index in [1.165, 1.54) is 206 Å². The van der Waals surface area contributed by atoms with Crippen LogP contribution in [0.25, 0.3) is 21.5 Å². The standard InChI is InChI=1S/C25H30.C21H28.C19H24O2.C18H20/c1-15-5-10-21-20(23-13-16-6-8-18(23)11-16)3-2-4-22(21)25(15)24-14-17-7-9-19(24)12-17;1-13-6-18(20-10-14-2-4-16(20)8-14)12-19(7-13)21-11-15-3-5-17(21)9-15;1-11-6-12(16-9-14-2-4-18(16)20-14)8-13(7-11)17-10-15-3-5-19(17)21-15;1-12-2-4-15-11-17(7-6-14(15)8-12)18-10-13-3-5-16(18)9-13/h2-5,10,16-19,23-24H,6-9,11-14H2,1H3;6-7,12,14-17,20-21H,2-5,8-11H2,1H3;6-8,14-19H,2-5,9-10H2,1H3;2,4,6-8,11,13,16,18H,3,5,9-10H2,1H3. The number of hydrogen-bond acceptors (Lipinski definition) is 2. The highest BCUT2D eigenvalue weighted by molar-refractivity contribution is 5.91. The Morgan fingerprint density at radius 3 is 1.19 bits per heavy atom. The molecule has 2 heteroatoms. The minimum atomic E-state index is 0.487. The summed E-state index contributed by atoms with van der Waals surface area (Å²) in [7, 11) is 0. The molecule has 2 nitrogen and oxygen atoms in total. The lowest BCUT2D eigenvalue weighted by atomic mass is 9.77. The molecule has 21 unspecified atom stereocenters. The molecule has 0 N–H and O–H groups in total. The van der Waals surface area contributed by atoms with Gasteiger partial charge in [-0.25, -0.2) is 0 Å². The average molecular weight is 1130 g/mol. The van der Waals surface area contributed by atoms with E-state index in [1.807, 2.05) is 0 Å². The van der Waals surface area contributed by atoms with Crippen molar-refractivity contribution in [3.8, 4) is 0 Å². The Balaban J connectivity index is 0.0000000895. The van der Waals surface area contributed by atoms with Crippen molar-refractivity contribution < 1.29 is 9.47 Å². The molecular weight excluding hydrogens is 1030 g/mol. The summed E-state index contributed by atoms with van der Waals surface area (Å²) in [6, 6.07) is 41.1. The van der Waals surface area contributed by atoms with E-state index in [0.717, 1.165) is 88.8 Å². The highest BCUT2D eigenvalue weighted by atomic mass is 16.5. The van der Waals surface area contributed by atoms with Crippen molar-refractivity contribution in [1.82, 2.24) is 0 Å². The summed E-state index contributed by atoms with van der Waals surface area (Å²) < 4.78 is 12.1. The van der Waals surface area contributed by atoms with Gasteiger partial charge in [0.15, 0.2) is 0 Å². The number of aryl methyl sites for hydroxylation is 4. The highest BCUT2D eigenvalue weighted by Crippen LogP contribution is 2.59. The number of rotatable bonds is 7. The molecule has 14 fully saturated rings. The van der Waals surface area contributed by atoms with E-state index in [4.69, 9.17) is 9.47 Å². The monoisotopic (exact) mass is 1130 g/mol. The first kappa shape index (κ1) is 54.9. The van der Waals surface area contributed by atoms with Gasteiger partial charge in [-0.2, -0.15) is 0 Å². The third-order valence-electron chi connectivity index (χ3n) is 27.4. The third kappa shape index (κ3) is 10.4. The summed E-state index contributed by atoms with van der Waals surface area (Å²) in [5.41, 5.74) is 17.3. The summed E-state index contributed by atoms with van der Waals surface area (Å²) >= 11 is 0. The van der Waals surface area contributed by atoms with Crippen LogP contribution < -0.4 is 0 Å².